The predicted octanol–water partition coefficient (Wildman–Crippen LogP) is 7.00. The van der Waals surface area contributed by atoms with Crippen LogP contribution >= 0.6 is 0 Å². The van der Waals surface area contributed by atoms with E-state index in [0.29, 0.717) is 35.2 Å². The maximum absolute atomic E-state index is 11.0. The highest BCUT2D eigenvalue weighted by Gasteiger charge is 2.71. The molecular weight excluding hydrogens is 392 g/mol. The largest absolute Gasteiger partial charge is 0.396 e. The minimum atomic E-state index is -0.228. The Labute approximate surface area is 197 Å². The van der Waals surface area contributed by atoms with Crippen molar-refractivity contribution in [2.24, 2.45) is 56.7 Å². The van der Waals surface area contributed by atoms with Crippen molar-refractivity contribution < 1.29 is 10.2 Å². The van der Waals surface area contributed by atoms with E-state index in [4.69, 9.17) is 0 Å². The number of fused-ring (bicyclic) bond motifs is 7. The smallest absolute Gasteiger partial charge is 0.0594 e. The van der Waals surface area contributed by atoms with E-state index in [9.17, 15) is 10.2 Å². The van der Waals surface area contributed by atoms with Crippen molar-refractivity contribution in [1.82, 2.24) is 0 Å². The van der Waals surface area contributed by atoms with Crippen molar-refractivity contribution in [2.75, 3.05) is 6.61 Å². The summed E-state index contributed by atoms with van der Waals surface area (Å²) in [5.41, 5.74) is 2.46. The van der Waals surface area contributed by atoms with E-state index >= 15 is 0 Å². The van der Waals surface area contributed by atoms with E-state index in [1.807, 2.05) is 0 Å². The summed E-state index contributed by atoms with van der Waals surface area (Å²) in [6.07, 6.45) is 12.1. The number of allylic oxidation sites excluding steroid dienone is 1. The van der Waals surface area contributed by atoms with Gasteiger partial charge in [-0.2, -0.15) is 0 Å². The minimum absolute atomic E-state index is 0.00606. The van der Waals surface area contributed by atoms with E-state index in [-0.39, 0.29) is 22.3 Å². The van der Waals surface area contributed by atoms with Crippen LogP contribution in [0.2, 0.25) is 0 Å². The number of hydrogen-bond donors (Lipinski definition) is 2. The van der Waals surface area contributed by atoms with Crippen molar-refractivity contribution >= 4 is 0 Å². The molecular formula is C30H50O2. The molecule has 0 bridgehead atoms. The third-order valence-corrected chi connectivity index (χ3v) is 13.5. The molecule has 0 aromatic carbocycles. The first-order chi connectivity index (χ1) is 14.9. The molecule has 182 valence electrons. The molecule has 5 rings (SSSR count). The molecule has 5 fully saturated rings. The van der Waals surface area contributed by atoms with E-state index in [0.717, 1.165) is 24.7 Å². The van der Waals surface area contributed by atoms with E-state index in [1.165, 1.54) is 56.9 Å². The second kappa shape index (κ2) is 7.09. The summed E-state index contributed by atoms with van der Waals surface area (Å²) in [6.45, 7) is 19.5. The van der Waals surface area contributed by atoms with Gasteiger partial charge in [0.25, 0.3) is 0 Å². The Morgan fingerprint density at radius 3 is 2.19 bits per heavy atom. The fraction of sp³-hybridized carbons (Fsp3) is 0.933. The lowest BCUT2D eigenvalue weighted by Gasteiger charge is -2.73. The fourth-order valence-corrected chi connectivity index (χ4v) is 11.5. The summed E-state index contributed by atoms with van der Waals surface area (Å²) in [5.74, 6) is 3.31. The maximum atomic E-state index is 11.0. The van der Waals surface area contributed by atoms with Crippen LogP contribution in [-0.4, -0.2) is 22.9 Å². The summed E-state index contributed by atoms with van der Waals surface area (Å²) >= 11 is 0. The molecule has 32 heavy (non-hydrogen) atoms. The van der Waals surface area contributed by atoms with Gasteiger partial charge in [-0.15, -0.1) is 0 Å². The normalized spacial score (nSPS) is 56.5. The summed E-state index contributed by atoms with van der Waals surface area (Å²) in [6, 6.07) is 0. The van der Waals surface area contributed by atoms with Crippen LogP contribution in [0.1, 0.15) is 106 Å². The Morgan fingerprint density at radius 1 is 0.812 bits per heavy atom. The van der Waals surface area contributed by atoms with Crippen LogP contribution in [-0.2, 0) is 0 Å². The van der Waals surface area contributed by atoms with Crippen LogP contribution < -0.4 is 0 Å². The standard InChI is InChI=1S/C30H50O2/c1-19(2)20-10-13-27(5)16-17-28(6)21(25(20)27)8-9-23-29(28,7)14-11-22-26(3,4)24(32)12-15-30(22,23)18-31/h20-25,31-32H,1,8-18H2,2-7H3/t20-,21+,22-,23-,24-,25+,27+,28+,29+,30+/m0/s1. The zero-order valence-corrected chi connectivity index (χ0v) is 21.8. The van der Waals surface area contributed by atoms with Crippen molar-refractivity contribution in [3.63, 3.8) is 0 Å². The molecule has 0 unspecified atom stereocenters. The van der Waals surface area contributed by atoms with Crippen LogP contribution in [0.4, 0.5) is 0 Å². The lowest BCUT2D eigenvalue weighted by Crippen LogP contribution is -2.68. The highest BCUT2D eigenvalue weighted by atomic mass is 16.3. The van der Waals surface area contributed by atoms with Crippen molar-refractivity contribution in [3.05, 3.63) is 12.2 Å². The number of hydrogen-bond acceptors (Lipinski definition) is 2. The minimum Gasteiger partial charge on any atom is -0.396 e. The molecule has 2 heteroatoms. The number of aliphatic hydroxyl groups is 2. The molecule has 2 nitrogen and oxygen atoms in total. The summed E-state index contributed by atoms with van der Waals surface area (Å²) in [4.78, 5) is 0. The average molecular weight is 443 g/mol. The molecule has 0 spiro atoms. The van der Waals surface area contributed by atoms with Crippen molar-refractivity contribution in [3.8, 4) is 0 Å². The van der Waals surface area contributed by atoms with Crippen LogP contribution in [0.25, 0.3) is 0 Å². The molecule has 5 aliphatic rings. The SMILES string of the molecule is C=C(C)[C@@H]1CC[C@]2(C)CC[C@]3(C)[C@H](CC[C@@H]4[C@@]5(CO)CC[C@H](O)C(C)(C)[C@@H]5CC[C@]43C)[C@@H]12. The topological polar surface area (TPSA) is 40.5 Å². The zero-order valence-electron chi connectivity index (χ0n) is 21.8. The summed E-state index contributed by atoms with van der Waals surface area (Å²) in [7, 11) is 0. The molecule has 5 aliphatic carbocycles. The van der Waals surface area contributed by atoms with Crippen LogP contribution in [0, 0.1) is 56.7 Å². The highest BCUT2D eigenvalue weighted by molar-refractivity contribution is 5.21. The molecule has 0 radical (unpaired) electrons. The van der Waals surface area contributed by atoms with Gasteiger partial charge in [0.15, 0.2) is 0 Å². The molecule has 2 N–H and O–H groups in total. The fourth-order valence-electron chi connectivity index (χ4n) is 11.5. The van der Waals surface area contributed by atoms with Gasteiger partial charge in [0.1, 0.15) is 0 Å². The van der Waals surface area contributed by atoms with Crippen LogP contribution in [0.5, 0.6) is 0 Å². The zero-order chi connectivity index (χ0) is 23.3. The van der Waals surface area contributed by atoms with Gasteiger partial charge in [-0.1, -0.05) is 46.8 Å². The lowest BCUT2D eigenvalue weighted by atomic mass is 9.32. The third-order valence-electron chi connectivity index (χ3n) is 13.5. The second-order valence-corrected chi connectivity index (χ2v) is 14.6. The molecule has 0 amide bonds. The predicted molar refractivity (Wildman–Crippen MR) is 132 cm³/mol. The van der Waals surface area contributed by atoms with Crippen molar-refractivity contribution in [1.29, 1.82) is 0 Å². The summed E-state index contributed by atoms with van der Waals surface area (Å²) in [5, 5.41) is 21.9. The Morgan fingerprint density at radius 2 is 1.53 bits per heavy atom. The molecule has 0 saturated heterocycles. The monoisotopic (exact) mass is 442 g/mol. The first kappa shape index (κ1) is 23.4. The summed E-state index contributed by atoms with van der Waals surface area (Å²) < 4.78 is 0. The van der Waals surface area contributed by atoms with Crippen LogP contribution in [0.3, 0.4) is 0 Å². The first-order valence-electron chi connectivity index (χ1n) is 13.8. The number of aliphatic hydroxyl groups excluding tert-OH is 2. The Bertz CT molecular complexity index is 786. The van der Waals surface area contributed by atoms with E-state index < -0.39 is 0 Å². The van der Waals surface area contributed by atoms with Crippen LogP contribution in [0.15, 0.2) is 12.2 Å². The maximum Gasteiger partial charge on any atom is 0.0594 e. The van der Waals surface area contributed by atoms with Gasteiger partial charge in [-0.25, -0.2) is 0 Å². The third kappa shape index (κ3) is 2.66. The Hall–Kier alpha value is -0.340. The van der Waals surface area contributed by atoms with Gasteiger partial charge in [-0.05, 0) is 122 Å². The van der Waals surface area contributed by atoms with Gasteiger partial charge >= 0.3 is 0 Å². The first-order valence-corrected chi connectivity index (χ1v) is 13.8. The van der Waals surface area contributed by atoms with Crippen molar-refractivity contribution in [2.45, 2.75) is 112 Å². The molecule has 0 aromatic heterocycles. The molecule has 5 saturated carbocycles. The van der Waals surface area contributed by atoms with Gasteiger partial charge < -0.3 is 10.2 Å². The van der Waals surface area contributed by atoms with E-state index in [2.05, 4.69) is 48.1 Å². The Kier molecular flexibility index (Phi) is 5.19. The quantitative estimate of drug-likeness (QED) is 0.452. The highest BCUT2D eigenvalue weighted by Crippen LogP contribution is 2.77. The number of rotatable bonds is 2. The lowest BCUT2D eigenvalue weighted by molar-refractivity contribution is -0.259. The van der Waals surface area contributed by atoms with Gasteiger partial charge in [0, 0.05) is 12.0 Å². The molecule has 0 heterocycles. The molecule has 0 aromatic rings. The Balaban J connectivity index is 1.56. The van der Waals surface area contributed by atoms with Gasteiger partial charge in [-0.3, -0.25) is 0 Å². The van der Waals surface area contributed by atoms with Gasteiger partial charge in [0.2, 0.25) is 0 Å². The van der Waals surface area contributed by atoms with E-state index in [1.54, 1.807) is 0 Å². The second-order valence-electron chi connectivity index (χ2n) is 14.6. The van der Waals surface area contributed by atoms with Gasteiger partial charge in [0.05, 0.1) is 6.10 Å². The molecule has 10 atom stereocenters. The molecule has 0 aliphatic heterocycles. The average Bonchev–Trinajstić information content (AvgIpc) is 3.09.